The van der Waals surface area contributed by atoms with Crippen molar-refractivity contribution in [3.05, 3.63) is 34.9 Å². The summed E-state index contributed by atoms with van der Waals surface area (Å²) in [5.41, 5.74) is 0.908. The van der Waals surface area contributed by atoms with Gasteiger partial charge < -0.3 is 10.1 Å². The first kappa shape index (κ1) is 18.2. The molecule has 3 rings (SSSR count). The largest absolute Gasteiger partial charge is 0.376 e. The van der Waals surface area contributed by atoms with Gasteiger partial charge in [0.25, 0.3) is 0 Å². The molecule has 1 aromatic heterocycles. The smallest absolute Gasteiger partial charge is 0.221 e. The van der Waals surface area contributed by atoms with Crippen molar-refractivity contribution in [1.82, 2.24) is 25.5 Å². The van der Waals surface area contributed by atoms with Crippen LogP contribution in [0.5, 0.6) is 0 Å². The third kappa shape index (κ3) is 5.42. The Morgan fingerprint density at radius 1 is 1.44 bits per heavy atom. The Balaban J connectivity index is 1.40. The van der Waals surface area contributed by atoms with Crippen LogP contribution in [0.1, 0.15) is 24.8 Å². The summed E-state index contributed by atoms with van der Waals surface area (Å²) >= 11 is 7.55. The van der Waals surface area contributed by atoms with Crippen molar-refractivity contribution >= 4 is 29.3 Å². The van der Waals surface area contributed by atoms with Crippen molar-refractivity contribution in [3.8, 4) is 0 Å². The monoisotopic (exact) mass is 381 g/mol. The Bertz CT molecular complexity index is 705. The van der Waals surface area contributed by atoms with Crippen LogP contribution in [0, 0.1) is 0 Å². The molecule has 25 heavy (non-hydrogen) atoms. The first-order valence-corrected chi connectivity index (χ1v) is 9.59. The van der Waals surface area contributed by atoms with Crippen LogP contribution >= 0.6 is 23.4 Å². The minimum absolute atomic E-state index is 0.0226. The van der Waals surface area contributed by atoms with E-state index in [1.165, 1.54) is 11.8 Å². The molecule has 0 saturated carbocycles. The van der Waals surface area contributed by atoms with Crippen LogP contribution in [0.4, 0.5) is 0 Å². The molecule has 0 radical (unpaired) electrons. The van der Waals surface area contributed by atoms with Crippen LogP contribution in [0.3, 0.4) is 0 Å². The maximum atomic E-state index is 12.0. The molecule has 2 heterocycles. The van der Waals surface area contributed by atoms with E-state index in [1.54, 1.807) is 4.68 Å². The second kappa shape index (κ2) is 9.17. The standard InChI is InChI=1S/C16H20ClN5O2S/c17-14-6-2-1-4-12(14)10-18-15(23)7-9-25-16-19-20-21-22(16)11-13-5-3-8-24-13/h1-2,4,6,13H,3,5,7-11H2,(H,18,23). The van der Waals surface area contributed by atoms with Gasteiger partial charge in [0.2, 0.25) is 11.1 Å². The van der Waals surface area contributed by atoms with Gasteiger partial charge in [-0.25, -0.2) is 4.68 Å². The van der Waals surface area contributed by atoms with Gasteiger partial charge in [0.1, 0.15) is 0 Å². The highest BCUT2D eigenvalue weighted by molar-refractivity contribution is 7.99. The number of halogens is 1. The number of aromatic nitrogens is 4. The molecule has 1 fully saturated rings. The Morgan fingerprint density at radius 2 is 2.32 bits per heavy atom. The summed E-state index contributed by atoms with van der Waals surface area (Å²) < 4.78 is 7.36. The number of carbonyl (C=O) groups is 1. The van der Waals surface area contributed by atoms with Gasteiger partial charge in [-0.05, 0) is 34.9 Å². The Kier molecular flexibility index (Phi) is 6.66. The van der Waals surface area contributed by atoms with E-state index < -0.39 is 0 Å². The summed E-state index contributed by atoms with van der Waals surface area (Å²) in [4.78, 5) is 12.0. The van der Waals surface area contributed by atoms with Crippen LogP contribution < -0.4 is 5.32 Å². The molecule has 0 spiro atoms. The summed E-state index contributed by atoms with van der Waals surface area (Å²) in [6, 6.07) is 7.48. The van der Waals surface area contributed by atoms with E-state index >= 15 is 0 Å². The first-order chi connectivity index (χ1) is 12.2. The fraction of sp³-hybridized carbons (Fsp3) is 0.500. The number of ether oxygens (including phenoxy) is 1. The van der Waals surface area contributed by atoms with Gasteiger partial charge >= 0.3 is 0 Å². The van der Waals surface area contributed by atoms with Crippen molar-refractivity contribution in [2.24, 2.45) is 0 Å². The third-order valence-electron chi connectivity index (χ3n) is 3.89. The molecule has 9 heteroatoms. The molecule has 0 bridgehead atoms. The van der Waals surface area contributed by atoms with Crippen molar-refractivity contribution < 1.29 is 9.53 Å². The van der Waals surface area contributed by atoms with Gasteiger partial charge in [0.15, 0.2) is 0 Å². The molecule has 1 amide bonds. The zero-order valence-corrected chi connectivity index (χ0v) is 15.3. The maximum absolute atomic E-state index is 12.0. The van der Waals surface area contributed by atoms with Crippen LogP contribution in [0.15, 0.2) is 29.4 Å². The summed E-state index contributed by atoms with van der Waals surface area (Å²) in [6.07, 6.45) is 2.69. The van der Waals surface area contributed by atoms with Crippen LogP contribution in [-0.2, 0) is 22.6 Å². The minimum Gasteiger partial charge on any atom is -0.376 e. The fourth-order valence-electron chi connectivity index (χ4n) is 2.55. The van der Waals surface area contributed by atoms with Crippen LogP contribution in [0.2, 0.25) is 5.02 Å². The van der Waals surface area contributed by atoms with Crippen molar-refractivity contribution in [1.29, 1.82) is 0 Å². The molecule has 134 valence electrons. The molecule has 2 aromatic rings. The lowest BCUT2D eigenvalue weighted by Gasteiger charge is -2.10. The lowest BCUT2D eigenvalue weighted by atomic mass is 10.2. The van der Waals surface area contributed by atoms with Gasteiger partial charge in [0, 0.05) is 30.3 Å². The van der Waals surface area contributed by atoms with Gasteiger partial charge in [0.05, 0.1) is 12.6 Å². The molecule has 1 unspecified atom stereocenters. The van der Waals surface area contributed by atoms with Crippen molar-refractivity contribution in [2.45, 2.75) is 43.6 Å². The number of hydrogen-bond donors (Lipinski definition) is 1. The highest BCUT2D eigenvalue weighted by atomic mass is 35.5. The number of nitrogens with zero attached hydrogens (tertiary/aromatic N) is 4. The number of tetrazole rings is 1. The highest BCUT2D eigenvalue weighted by Crippen LogP contribution is 2.19. The molecule has 0 aliphatic carbocycles. The minimum atomic E-state index is -0.0226. The first-order valence-electron chi connectivity index (χ1n) is 8.23. The number of thioether (sulfide) groups is 1. The maximum Gasteiger partial charge on any atom is 0.221 e. The molecule has 1 saturated heterocycles. The Labute approximate surface area is 155 Å². The van der Waals surface area contributed by atoms with Gasteiger partial charge in [-0.2, -0.15) is 0 Å². The number of nitrogens with one attached hydrogen (secondary N) is 1. The predicted molar refractivity (Wildman–Crippen MR) is 95.4 cm³/mol. The Morgan fingerprint density at radius 3 is 3.12 bits per heavy atom. The number of amides is 1. The third-order valence-corrected chi connectivity index (χ3v) is 5.22. The number of hydrogen-bond acceptors (Lipinski definition) is 6. The Hall–Kier alpha value is -1.64. The van der Waals surface area contributed by atoms with E-state index in [4.69, 9.17) is 16.3 Å². The molecule has 7 nitrogen and oxygen atoms in total. The topological polar surface area (TPSA) is 81.9 Å². The van der Waals surface area contributed by atoms with Gasteiger partial charge in [-0.1, -0.05) is 41.6 Å². The molecular weight excluding hydrogens is 362 g/mol. The van der Waals surface area contributed by atoms with Crippen molar-refractivity contribution in [2.75, 3.05) is 12.4 Å². The average molecular weight is 382 g/mol. The number of benzene rings is 1. The van der Waals surface area contributed by atoms with E-state index in [-0.39, 0.29) is 12.0 Å². The van der Waals surface area contributed by atoms with E-state index in [0.29, 0.717) is 30.3 Å². The zero-order valence-electron chi connectivity index (χ0n) is 13.7. The van der Waals surface area contributed by atoms with Gasteiger partial charge in [-0.3, -0.25) is 4.79 Å². The highest BCUT2D eigenvalue weighted by Gasteiger charge is 2.19. The van der Waals surface area contributed by atoms with E-state index in [2.05, 4.69) is 20.8 Å². The SMILES string of the molecule is O=C(CCSc1nnnn1CC1CCCO1)NCc1ccccc1Cl. The second-order valence-corrected chi connectivity index (χ2v) is 7.21. The molecule has 1 aromatic carbocycles. The molecule has 1 N–H and O–H groups in total. The summed E-state index contributed by atoms with van der Waals surface area (Å²) in [6.45, 7) is 1.90. The fourth-order valence-corrected chi connectivity index (χ4v) is 3.58. The molecule has 1 aliphatic heterocycles. The van der Waals surface area contributed by atoms with Crippen molar-refractivity contribution in [3.63, 3.8) is 0 Å². The van der Waals surface area contributed by atoms with Gasteiger partial charge in [-0.15, -0.1) is 5.10 Å². The van der Waals surface area contributed by atoms with Crippen LogP contribution in [0.25, 0.3) is 0 Å². The lowest BCUT2D eigenvalue weighted by molar-refractivity contribution is -0.120. The quantitative estimate of drug-likeness (QED) is 0.706. The molecular formula is C16H20ClN5O2S. The zero-order chi connectivity index (χ0) is 17.5. The number of rotatable bonds is 8. The van der Waals surface area contributed by atoms with E-state index in [9.17, 15) is 4.79 Å². The second-order valence-electron chi connectivity index (χ2n) is 5.75. The lowest BCUT2D eigenvalue weighted by Crippen LogP contribution is -2.23. The summed E-state index contributed by atoms with van der Waals surface area (Å²) in [7, 11) is 0. The average Bonchev–Trinajstić information content (AvgIpc) is 3.27. The summed E-state index contributed by atoms with van der Waals surface area (Å²) in [5.74, 6) is 0.589. The molecule has 1 aliphatic rings. The number of carbonyl (C=O) groups excluding carboxylic acids is 1. The van der Waals surface area contributed by atoms with E-state index in [1.807, 2.05) is 24.3 Å². The molecule has 1 atom stereocenters. The summed E-state index contributed by atoms with van der Waals surface area (Å²) in [5, 5.41) is 16.0. The van der Waals surface area contributed by atoms with E-state index in [0.717, 1.165) is 30.2 Å². The van der Waals surface area contributed by atoms with Crippen LogP contribution in [-0.4, -0.2) is 44.6 Å². The normalized spacial score (nSPS) is 16.9. The predicted octanol–water partition coefficient (Wildman–Crippen LogP) is 2.30.